The molecule has 0 aliphatic carbocycles. The Bertz CT molecular complexity index is 727. The molecule has 0 spiro atoms. The van der Waals surface area contributed by atoms with Gasteiger partial charge in [-0.2, -0.15) is 0 Å². The lowest BCUT2D eigenvalue weighted by Crippen LogP contribution is -2.51. The summed E-state index contributed by atoms with van der Waals surface area (Å²) in [5, 5.41) is 6.26. The summed E-state index contributed by atoms with van der Waals surface area (Å²) in [5.41, 5.74) is 1.83. The van der Waals surface area contributed by atoms with Gasteiger partial charge in [-0.05, 0) is 31.7 Å². The lowest BCUT2D eigenvalue weighted by Gasteiger charge is -2.35. The summed E-state index contributed by atoms with van der Waals surface area (Å²) in [6.45, 7) is 6.20. The molecule has 0 aromatic heterocycles. The maximum Gasteiger partial charge on any atom is 0.338 e. The lowest BCUT2D eigenvalue weighted by atomic mass is 9.95. The quantitative estimate of drug-likeness (QED) is 0.747. The van der Waals surface area contributed by atoms with Gasteiger partial charge in [0.25, 0.3) is 0 Å². The molecule has 1 aromatic carbocycles. The van der Waals surface area contributed by atoms with Gasteiger partial charge in [-0.25, -0.2) is 9.59 Å². The van der Waals surface area contributed by atoms with Crippen LogP contribution in [0, 0.1) is 0 Å². The Labute approximate surface area is 164 Å². The molecule has 0 unspecified atom stereocenters. The molecule has 2 heterocycles. The van der Waals surface area contributed by atoms with E-state index in [4.69, 9.17) is 16.3 Å². The van der Waals surface area contributed by atoms with Gasteiger partial charge in [-0.1, -0.05) is 23.7 Å². The highest BCUT2D eigenvalue weighted by molar-refractivity contribution is 6.30. The SMILES string of the molecule is CCOC(=O)C1=C(CN2CCN(C)CC2)NC(=O)N[C@H]1c1ccc(Cl)cc1. The van der Waals surface area contributed by atoms with Crippen molar-refractivity contribution < 1.29 is 14.3 Å². The van der Waals surface area contributed by atoms with Gasteiger partial charge in [0.15, 0.2) is 0 Å². The number of carbonyl (C=O) groups excluding carboxylic acids is 2. The molecule has 1 fully saturated rings. The van der Waals surface area contributed by atoms with E-state index in [1.54, 1.807) is 19.1 Å². The predicted octanol–water partition coefficient (Wildman–Crippen LogP) is 1.76. The number of nitrogens with one attached hydrogen (secondary N) is 2. The van der Waals surface area contributed by atoms with Crippen LogP contribution in [0.5, 0.6) is 0 Å². The van der Waals surface area contributed by atoms with Gasteiger partial charge in [-0.3, -0.25) is 4.90 Å². The number of urea groups is 1. The number of carbonyl (C=O) groups is 2. The summed E-state index contributed by atoms with van der Waals surface area (Å²) in [5.74, 6) is -0.422. The van der Waals surface area contributed by atoms with Crippen molar-refractivity contribution in [1.82, 2.24) is 20.4 Å². The molecule has 1 aromatic rings. The summed E-state index contributed by atoms with van der Waals surface area (Å²) in [4.78, 5) is 29.5. The van der Waals surface area contributed by atoms with E-state index in [2.05, 4.69) is 27.5 Å². The molecule has 27 heavy (non-hydrogen) atoms. The average Bonchev–Trinajstić information content (AvgIpc) is 2.64. The highest BCUT2D eigenvalue weighted by Crippen LogP contribution is 2.29. The van der Waals surface area contributed by atoms with E-state index >= 15 is 0 Å². The molecule has 146 valence electrons. The molecular weight excluding hydrogens is 368 g/mol. The van der Waals surface area contributed by atoms with Crippen LogP contribution in [-0.2, 0) is 9.53 Å². The second-order valence-electron chi connectivity index (χ2n) is 6.78. The number of esters is 1. The van der Waals surface area contributed by atoms with E-state index in [0.717, 1.165) is 31.7 Å². The number of halogens is 1. The number of likely N-dealkylation sites (N-methyl/N-ethyl adjacent to an activating group) is 1. The van der Waals surface area contributed by atoms with Crippen LogP contribution in [0.3, 0.4) is 0 Å². The van der Waals surface area contributed by atoms with Crippen molar-refractivity contribution in [3.63, 3.8) is 0 Å². The van der Waals surface area contributed by atoms with Gasteiger partial charge >= 0.3 is 12.0 Å². The van der Waals surface area contributed by atoms with Crippen LogP contribution in [-0.4, -0.2) is 68.2 Å². The fraction of sp³-hybridized carbons (Fsp3) is 0.474. The van der Waals surface area contributed by atoms with Crippen molar-refractivity contribution in [3.8, 4) is 0 Å². The monoisotopic (exact) mass is 392 g/mol. The van der Waals surface area contributed by atoms with E-state index in [1.165, 1.54) is 0 Å². The molecule has 8 heteroatoms. The van der Waals surface area contributed by atoms with Gasteiger partial charge < -0.3 is 20.3 Å². The molecular formula is C19H25ClN4O3. The summed E-state index contributed by atoms with van der Waals surface area (Å²) >= 11 is 5.98. The number of ether oxygens (including phenoxy) is 1. The number of hydrogen-bond donors (Lipinski definition) is 2. The Balaban J connectivity index is 1.94. The summed E-state index contributed by atoms with van der Waals surface area (Å²) in [6.07, 6.45) is 0. The molecule has 2 amide bonds. The fourth-order valence-corrected chi connectivity index (χ4v) is 3.45. The van der Waals surface area contributed by atoms with E-state index < -0.39 is 12.0 Å². The van der Waals surface area contributed by atoms with Crippen molar-refractivity contribution in [2.75, 3.05) is 46.4 Å². The van der Waals surface area contributed by atoms with E-state index in [0.29, 0.717) is 22.8 Å². The number of piperazine rings is 1. The van der Waals surface area contributed by atoms with Crippen molar-refractivity contribution in [2.45, 2.75) is 13.0 Å². The minimum absolute atomic E-state index is 0.269. The van der Waals surface area contributed by atoms with Crippen molar-refractivity contribution in [1.29, 1.82) is 0 Å². The largest absolute Gasteiger partial charge is 0.463 e. The van der Waals surface area contributed by atoms with Gasteiger partial charge in [0.2, 0.25) is 0 Å². The van der Waals surface area contributed by atoms with Crippen LogP contribution < -0.4 is 10.6 Å². The van der Waals surface area contributed by atoms with Crippen LogP contribution in [0.15, 0.2) is 35.5 Å². The summed E-state index contributed by atoms with van der Waals surface area (Å²) < 4.78 is 5.29. The first kappa shape index (κ1) is 19.7. The predicted molar refractivity (Wildman–Crippen MR) is 103 cm³/mol. The smallest absolute Gasteiger partial charge is 0.338 e. The molecule has 7 nitrogen and oxygen atoms in total. The van der Waals surface area contributed by atoms with Gasteiger partial charge in [0.05, 0.1) is 18.2 Å². The van der Waals surface area contributed by atoms with Crippen molar-refractivity contribution in [2.24, 2.45) is 0 Å². The molecule has 1 atom stereocenters. The topological polar surface area (TPSA) is 73.9 Å². The third-order valence-electron chi connectivity index (χ3n) is 4.83. The standard InChI is InChI=1S/C19H25ClN4O3/c1-3-27-18(25)16-15(12-24-10-8-23(2)9-11-24)21-19(26)22-17(16)13-4-6-14(20)7-5-13/h4-7,17H,3,8-12H2,1-2H3,(H2,21,22,26)/t17-/m0/s1. The summed E-state index contributed by atoms with van der Waals surface area (Å²) in [7, 11) is 2.09. The molecule has 0 saturated carbocycles. The van der Waals surface area contributed by atoms with Crippen molar-refractivity contribution >= 4 is 23.6 Å². The Morgan fingerprint density at radius 3 is 2.52 bits per heavy atom. The Morgan fingerprint density at radius 2 is 1.89 bits per heavy atom. The maximum atomic E-state index is 12.7. The lowest BCUT2D eigenvalue weighted by molar-refractivity contribution is -0.139. The van der Waals surface area contributed by atoms with E-state index in [-0.39, 0.29) is 12.6 Å². The third-order valence-corrected chi connectivity index (χ3v) is 5.08. The normalized spacial score (nSPS) is 21.6. The Hall–Kier alpha value is -2.09. The second kappa shape index (κ2) is 8.73. The zero-order valence-electron chi connectivity index (χ0n) is 15.6. The van der Waals surface area contributed by atoms with E-state index in [1.807, 2.05) is 12.1 Å². The number of nitrogens with zero attached hydrogens (tertiary/aromatic N) is 2. The average molecular weight is 393 g/mol. The molecule has 1 saturated heterocycles. The first-order valence-corrected chi connectivity index (χ1v) is 9.49. The first-order chi connectivity index (χ1) is 13.0. The van der Waals surface area contributed by atoms with E-state index in [9.17, 15) is 9.59 Å². The number of hydrogen-bond acceptors (Lipinski definition) is 5. The second-order valence-corrected chi connectivity index (χ2v) is 7.21. The zero-order chi connectivity index (χ0) is 19.4. The van der Waals surface area contributed by atoms with Crippen molar-refractivity contribution in [3.05, 3.63) is 46.1 Å². The maximum absolute atomic E-state index is 12.7. The minimum Gasteiger partial charge on any atom is -0.463 e. The van der Waals surface area contributed by atoms with Gasteiger partial charge in [0.1, 0.15) is 0 Å². The fourth-order valence-electron chi connectivity index (χ4n) is 3.33. The molecule has 2 N–H and O–H groups in total. The summed E-state index contributed by atoms with van der Waals surface area (Å²) in [6, 6.07) is 6.21. The molecule has 2 aliphatic heterocycles. The third kappa shape index (κ3) is 4.80. The van der Waals surface area contributed by atoms with Crippen LogP contribution >= 0.6 is 11.6 Å². The minimum atomic E-state index is -0.572. The number of benzene rings is 1. The van der Waals surface area contributed by atoms with Crippen LogP contribution in [0.1, 0.15) is 18.5 Å². The van der Waals surface area contributed by atoms with Gasteiger partial charge in [0, 0.05) is 43.4 Å². The highest BCUT2D eigenvalue weighted by Gasteiger charge is 2.34. The zero-order valence-corrected chi connectivity index (χ0v) is 16.4. The highest BCUT2D eigenvalue weighted by atomic mass is 35.5. The molecule has 0 bridgehead atoms. The molecule has 0 radical (unpaired) electrons. The Kier molecular flexibility index (Phi) is 6.36. The molecule has 2 aliphatic rings. The van der Waals surface area contributed by atoms with Crippen LogP contribution in [0.25, 0.3) is 0 Å². The molecule has 3 rings (SSSR count). The number of rotatable bonds is 5. The first-order valence-electron chi connectivity index (χ1n) is 9.12. The Morgan fingerprint density at radius 1 is 1.22 bits per heavy atom. The number of amides is 2. The van der Waals surface area contributed by atoms with Crippen LogP contribution in [0.4, 0.5) is 4.79 Å². The van der Waals surface area contributed by atoms with Crippen LogP contribution in [0.2, 0.25) is 5.02 Å². The van der Waals surface area contributed by atoms with Gasteiger partial charge in [-0.15, -0.1) is 0 Å².